The molecule has 0 saturated carbocycles. The molecule has 5 rings (SSSR count). The summed E-state index contributed by atoms with van der Waals surface area (Å²) in [6.07, 6.45) is 2.76. The summed E-state index contributed by atoms with van der Waals surface area (Å²) in [5.74, 6) is 0.548. The van der Waals surface area contributed by atoms with Crippen molar-refractivity contribution in [3.63, 3.8) is 0 Å². The molecule has 5 nitrogen and oxygen atoms in total. The second-order valence-electron chi connectivity index (χ2n) is 6.90. The largest absolute Gasteiger partial charge is 0.361 e. The molecule has 2 amide bonds. The molecule has 3 heterocycles. The van der Waals surface area contributed by atoms with E-state index in [0.717, 1.165) is 23.1 Å². The molecule has 6 heteroatoms. The minimum atomic E-state index is -0.400. The van der Waals surface area contributed by atoms with E-state index >= 15 is 0 Å². The first-order chi connectivity index (χ1) is 13.2. The SMILES string of the molecule is O=C(NCCc1c[nH]c2ccccc12)[C@H]1CS[C@@H]2c3ccccc3C(=O)N12. The monoisotopic (exact) mass is 377 g/mol. The number of aromatic nitrogens is 1. The second-order valence-corrected chi connectivity index (χ2v) is 8.01. The molecule has 2 aromatic carbocycles. The van der Waals surface area contributed by atoms with Gasteiger partial charge in [-0.2, -0.15) is 0 Å². The van der Waals surface area contributed by atoms with Gasteiger partial charge in [0.15, 0.2) is 0 Å². The molecule has 0 spiro atoms. The lowest BCUT2D eigenvalue weighted by Gasteiger charge is -2.22. The number of aromatic amines is 1. The van der Waals surface area contributed by atoms with E-state index in [1.54, 1.807) is 16.7 Å². The molecule has 27 heavy (non-hydrogen) atoms. The van der Waals surface area contributed by atoms with Crippen molar-refractivity contribution in [3.05, 3.63) is 71.4 Å². The molecule has 1 aromatic heterocycles. The number of carbonyl (C=O) groups excluding carboxylic acids is 2. The van der Waals surface area contributed by atoms with E-state index in [-0.39, 0.29) is 17.2 Å². The van der Waals surface area contributed by atoms with E-state index in [1.807, 2.05) is 48.7 Å². The third-order valence-corrected chi connectivity index (χ3v) is 6.67. The van der Waals surface area contributed by atoms with E-state index in [0.29, 0.717) is 12.3 Å². The van der Waals surface area contributed by atoms with Gasteiger partial charge in [-0.1, -0.05) is 36.4 Å². The van der Waals surface area contributed by atoms with Gasteiger partial charge in [-0.25, -0.2) is 0 Å². The number of thioether (sulfide) groups is 1. The number of benzene rings is 2. The Bertz CT molecular complexity index is 1040. The van der Waals surface area contributed by atoms with Crippen LogP contribution in [0.25, 0.3) is 10.9 Å². The molecule has 0 aliphatic carbocycles. The summed E-state index contributed by atoms with van der Waals surface area (Å²) < 4.78 is 0. The van der Waals surface area contributed by atoms with Crippen LogP contribution >= 0.6 is 11.8 Å². The Morgan fingerprint density at radius 2 is 2.00 bits per heavy atom. The predicted octanol–water partition coefficient (Wildman–Crippen LogP) is 3.10. The fourth-order valence-corrected chi connectivity index (χ4v) is 5.48. The lowest BCUT2D eigenvalue weighted by Crippen LogP contribution is -2.46. The van der Waals surface area contributed by atoms with Gasteiger partial charge in [0.1, 0.15) is 11.4 Å². The summed E-state index contributed by atoms with van der Waals surface area (Å²) >= 11 is 1.67. The molecule has 0 radical (unpaired) electrons. The maximum atomic E-state index is 12.8. The number of carbonyl (C=O) groups is 2. The summed E-state index contributed by atoms with van der Waals surface area (Å²) in [6.45, 7) is 0.557. The van der Waals surface area contributed by atoms with Crippen LogP contribution in [0.1, 0.15) is 26.9 Å². The minimum absolute atomic E-state index is 0.0296. The molecular formula is C21H19N3O2S. The van der Waals surface area contributed by atoms with Crippen molar-refractivity contribution in [1.29, 1.82) is 0 Å². The Labute approximate surface area is 161 Å². The third-order valence-electron chi connectivity index (χ3n) is 5.36. The van der Waals surface area contributed by atoms with Crippen LogP contribution in [0.2, 0.25) is 0 Å². The molecular weight excluding hydrogens is 358 g/mol. The molecule has 2 N–H and O–H groups in total. The average molecular weight is 377 g/mol. The first-order valence-electron chi connectivity index (χ1n) is 9.10. The van der Waals surface area contributed by atoms with Crippen LogP contribution in [0.4, 0.5) is 0 Å². The second kappa shape index (κ2) is 6.46. The van der Waals surface area contributed by atoms with Crippen LogP contribution in [0.5, 0.6) is 0 Å². The fourth-order valence-electron chi connectivity index (χ4n) is 4.02. The standard InChI is InChI=1S/C21H19N3O2S/c25-19(22-10-9-13-11-23-17-8-4-3-5-14(13)17)18-12-27-21-16-7-2-1-6-15(16)20(26)24(18)21/h1-8,11,18,21,23H,9-10,12H2,(H,22,25)/t18-,21-/m1/s1. The zero-order chi connectivity index (χ0) is 18.4. The quantitative estimate of drug-likeness (QED) is 0.734. The Morgan fingerprint density at radius 3 is 2.93 bits per heavy atom. The highest BCUT2D eigenvalue weighted by molar-refractivity contribution is 7.99. The molecule has 136 valence electrons. The molecule has 0 unspecified atom stereocenters. The zero-order valence-electron chi connectivity index (χ0n) is 14.6. The van der Waals surface area contributed by atoms with Crippen molar-refractivity contribution in [2.45, 2.75) is 17.8 Å². The van der Waals surface area contributed by atoms with Crippen molar-refractivity contribution in [1.82, 2.24) is 15.2 Å². The van der Waals surface area contributed by atoms with Crippen LogP contribution in [-0.2, 0) is 11.2 Å². The van der Waals surface area contributed by atoms with Crippen molar-refractivity contribution in [2.24, 2.45) is 0 Å². The molecule has 2 atom stereocenters. The number of hydrogen-bond donors (Lipinski definition) is 2. The highest BCUT2D eigenvalue weighted by Gasteiger charge is 2.48. The van der Waals surface area contributed by atoms with Gasteiger partial charge in [0, 0.05) is 35.0 Å². The van der Waals surface area contributed by atoms with Crippen LogP contribution in [-0.4, -0.2) is 40.0 Å². The van der Waals surface area contributed by atoms with E-state index < -0.39 is 6.04 Å². The minimum Gasteiger partial charge on any atom is -0.361 e. The average Bonchev–Trinajstić information content (AvgIpc) is 3.38. The number of nitrogens with one attached hydrogen (secondary N) is 2. The first kappa shape index (κ1) is 16.4. The Morgan fingerprint density at radius 1 is 1.19 bits per heavy atom. The predicted molar refractivity (Wildman–Crippen MR) is 107 cm³/mol. The van der Waals surface area contributed by atoms with Gasteiger partial charge < -0.3 is 15.2 Å². The molecule has 1 fully saturated rings. The summed E-state index contributed by atoms with van der Waals surface area (Å²) in [5.41, 5.74) is 4.05. The lowest BCUT2D eigenvalue weighted by molar-refractivity contribution is -0.124. The maximum absolute atomic E-state index is 12.8. The highest BCUT2D eigenvalue weighted by Crippen LogP contribution is 2.47. The van der Waals surface area contributed by atoms with Crippen LogP contribution in [0, 0.1) is 0 Å². The van der Waals surface area contributed by atoms with Crippen molar-refractivity contribution < 1.29 is 9.59 Å². The fraction of sp³-hybridized carbons (Fsp3) is 0.238. The third kappa shape index (κ3) is 2.63. The number of hydrogen-bond acceptors (Lipinski definition) is 3. The van der Waals surface area contributed by atoms with Gasteiger partial charge in [0.2, 0.25) is 5.91 Å². The number of H-pyrrole nitrogens is 1. The zero-order valence-corrected chi connectivity index (χ0v) is 15.5. The Kier molecular flexibility index (Phi) is 3.93. The smallest absolute Gasteiger partial charge is 0.256 e. The van der Waals surface area contributed by atoms with Gasteiger partial charge in [-0.15, -0.1) is 11.8 Å². The first-order valence-corrected chi connectivity index (χ1v) is 10.1. The summed E-state index contributed by atoms with van der Waals surface area (Å²) in [7, 11) is 0. The van der Waals surface area contributed by atoms with Crippen LogP contribution in [0.3, 0.4) is 0 Å². The van der Waals surface area contributed by atoms with Gasteiger partial charge in [-0.3, -0.25) is 9.59 Å². The molecule has 2 aliphatic rings. The number of fused-ring (bicyclic) bond motifs is 4. The molecule has 0 bridgehead atoms. The summed E-state index contributed by atoms with van der Waals surface area (Å²) in [6, 6.07) is 15.4. The summed E-state index contributed by atoms with van der Waals surface area (Å²) in [4.78, 5) is 30.5. The normalized spacial score (nSPS) is 20.7. The van der Waals surface area contributed by atoms with Gasteiger partial charge >= 0.3 is 0 Å². The van der Waals surface area contributed by atoms with E-state index in [9.17, 15) is 9.59 Å². The van der Waals surface area contributed by atoms with Gasteiger partial charge in [-0.05, 0) is 29.7 Å². The molecule has 3 aromatic rings. The number of nitrogens with zero attached hydrogens (tertiary/aromatic N) is 1. The van der Waals surface area contributed by atoms with Gasteiger partial charge in [0.05, 0.1) is 0 Å². The van der Waals surface area contributed by atoms with E-state index in [2.05, 4.69) is 16.4 Å². The number of rotatable bonds is 4. The van der Waals surface area contributed by atoms with Crippen LogP contribution < -0.4 is 5.32 Å². The number of para-hydroxylation sites is 1. The summed E-state index contributed by atoms with van der Waals surface area (Å²) in [5, 5.41) is 4.19. The van der Waals surface area contributed by atoms with Gasteiger partial charge in [0.25, 0.3) is 5.91 Å². The molecule has 1 saturated heterocycles. The Hall–Kier alpha value is -2.73. The van der Waals surface area contributed by atoms with Crippen molar-refractivity contribution in [3.8, 4) is 0 Å². The van der Waals surface area contributed by atoms with Crippen molar-refractivity contribution in [2.75, 3.05) is 12.3 Å². The number of amides is 2. The van der Waals surface area contributed by atoms with Crippen molar-refractivity contribution >= 4 is 34.5 Å². The van der Waals surface area contributed by atoms with E-state index in [4.69, 9.17) is 0 Å². The van der Waals surface area contributed by atoms with Crippen LogP contribution in [0.15, 0.2) is 54.7 Å². The van der Waals surface area contributed by atoms with E-state index in [1.165, 1.54) is 10.9 Å². The molecule has 2 aliphatic heterocycles. The maximum Gasteiger partial charge on any atom is 0.256 e. The lowest BCUT2D eigenvalue weighted by atomic mass is 10.1. The topological polar surface area (TPSA) is 65.2 Å². The highest BCUT2D eigenvalue weighted by atomic mass is 32.2. The Balaban J connectivity index is 1.25.